The van der Waals surface area contributed by atoms with E-state index in [-0.39, 0.29) is 29.3 Å². The van der Waals surface area contributed by atoms with E-state index >= 15 is 0 Å². The zero-order chi connectivity index (χ0) is 23.2. The monoisotopic (exact) mass is 255 g/mol. The lowest BCUT2D eigenvalue weighted by molar-refractivity contribution is -0.118. The molecular weight excluding hydrogens is 226 g/mol. The fourth-order valence-electron chi connectivity index (χ4n) is 1.48. The van der Waals surface area contributed by atoms with Gasteiger partial charge in [-0.1, -0.05) is 24.2 Å². The maximum absolute atomic E-state index is 11.5. The van der Waals surface area contributed by atoms with Crippen molar-refractivity contribution >= 4 is 16.7 Å². The molecule has 0 aliphatic rings. The van der Waals surface area contributed by atoms with Crippen molar-refractivity contribution in [3.63, 3.8) is 0 Å². The summed E-state index contributed by atoms with van der Waals surface area (Å²) in [6.07, 6.45) is -0.237. The Balaban J connectivity index is 2.71. The third-order valence-electron chi connectivity index (χ3n) is 2.25. The molecule has 0 aliphatic carbocycles. The molecule has 3 nitrogen and oxygen atoms in total. The third-order valence-corrected chi connectivity index (χ3v) is 2.25. The Morgan fingerprint density at radius 3 is 3.22 bits per heavy atom. The van der Waals surface area contributed by atoms with Crippen LogP contribution in [-0.4, -0.2) is 19.5 Å². The van der Waals surface area contributed by atoms with Crippen LogP contribution in [0, 0.1) is 0 Å². The van der Waals surface area contributed by atoms with Gasteiger partial charge in [-0.15, -0.1) is 0 Å². The maximum Gasteiger partial charge on any atom is 0.216 e. The predicted octanol–water partition coefficient (Wildman–Crippen LogP) is 2.53. The van der Waals surface area contributed by atoms with Gasteiger partial charge in [-0.05, 0) is 34.8 Å². The first-order chi connectivity index (χ1) is 13.6. The van der Waals surface area contributed by atoms with Gasteiger partial charge in [0.05, 0.1) is 19.4 Å². The maximum atomic E-state index is 11.5. The van der Waals surface area contributed by atoms with Gasteiger partial charge in [0.2, 0.25) is 5.91 Å². The number of amides is 1. The summed E-state index contributed by atoms with van der Waals surface area (Å²) in [5.41, 5.74) is -0.0780. The summed E-state index contributed by atoms with van der Waals surface area (Å²) in [5.74, 6) is -1.98. The van der Waals surface area contributed by atoms with E-state index in [2.05, 4.69) is 5.32 Å². The van der Waals surface area contributed by atoms with E-state index in [0.717, 1.165) is 0 Å². The lowest BCUT2D eigenvalue weighted by atomic mass is 10.0. The second-order valence-corrected chi connectivity index (χ2v) is 3.42. The second kappa shape index (κ2) is 5.54. The van der Waals surface area contributed by atoms with Crippen LogP contribution in [0.25, 0.3) is 10.8 Å². The number of fused-ring (bicyclic) bond motifs is 1. The highest BCUT2D eigenvalue weighted by atomic mass is 16.5. The van der Waals surface area contributed by atoms with Gasteiger partial charge in [0, 0.05) is 17.5 Å². The lowest BCUT2D eigenvalue weighted by Gasteiger charge is -2.08. The summed E-state index contributed by atoms with van der Waals surface area (Å²) in [5, 5.41) is 1.60. The largest absolute Gasteiger partial charge is 0.497 e. The van der Waals surface area contributed by atoms with Gasteiger partial charge in [0.25, 0.3) is 0 Å². The standard InChI is InChI=1S/C15H17NO2/c1-11(17)16-9-8-13-5-3-4-12-6-7-14(18-2)10-15(12)13/h3-7,10H,8-9H2,1-2H3,(H,16,17)/i1D3,2D3,3D,4D,5D,6D,7D,10D. The molecule has 1 N–H and O–H groups in total. The molecule has 18 heavy (non-hydrogen) atoms. The Labute approximate surface area is 124 Å². The molecule has 2 aromatic rings. The Morgan fingerprint density at radius 1 is 1.44 bits per heavy atom. The lowest BCUT2D eigenvalue weighted by Crippen LogP contribution is -2.22. The molecule has 3 heteroatoms. The summed E-state index contributed by atoms with van der Waals surface area (Å²) in [6, 6.07) is -3.72. The van der Waals surface area contributed by atoms with E-state index in [9.17, 15) is 4.79 Å². The Kier molecular flexibility index (Phi) is 1.31. The first kappa shape index (κ1) is 4.26. The molecule has 0 unspecified atom stereocenters. The molecule has 0 radical (unpaired) electrons. The first-order valence-electron chi connectivity index (χ1n) is 11.1. The second-order valence-electron chi connectivity index (χ2n) is 3.42. The van der Waals surface area contributed by atoms with Crippen LogP contribution in [0.15, 0.2) is 36.3 Å². The van der Waals surface area contributed by atoms with Gasteiger partial charge in [0.15, 0.2) is 0 Å². The number of hydrogen-bond acceptors (Lipinski definition) is 2. The van der Waals surface area contributed by atoms with Crippen molar-refractivity contribution < 1.29 is 26.0 Å². The molecule has 0 aromatic heterocycles. The van der Waals surface area contributed by atoms with E-state index in [1.54, 1.807) is 0 Å². The topological polar surface area (TPSA) is 38.3 Å². The van der Waals surface area contributed by atoms with E-state index in [1.807, 2.05) is 0 Å². The van der Waals surface area contributed by atoms with Crippen molar-refractivity contribution in [2.45, 2.75) is 13.3 Å². The molecule has 0 aliphatic heterocycles. The SMILES string of the molecule is [2H]c1c([2H])c(CCNC(=O)C([2H])([2H])[2H])c2c([2H])c(OC([2H])([2H])[2H])c([2H])c([2H])c2c1[2H]. The smallest absolute Gasteiger partial charge is 0.216 e. The molecule has 0 fully saturated rings. The van der Waals surface area contributed by atoms with Crippen molar-refractivity contribution in [1.29, 1.82) is 0 Å². The number of nitrogens with one attached hydrogen (secondary N) is 1. The minimum Gasteiger partial charge on any atom is -0.497 e. The Morgan fingerprint density at radius 2 is 2.39 bits per heavy atom. The number of rotatable bonds is 4. The summed E-state index contributed by atoms with van der Waals surface area (Å²) >= 11 is 0. The molecule has 0 bridgehead atoms. The number of carbonyl (C=O) groups excluding carboxylic acids is 1. The van der Waals surface area contributed by atoms with E-state index in [1.165, 1.54) is 0 Å². The van der Waals surface area contributed by atoms with Gasteiger partial charge >= 0.3 is 0 Å². The fourth-order valence-corrected chi connectivity index (χ4v) is 1.48. The highest BCUT2D eigenvalue weighted by molar-refractivity contribution is 5.87. The zero-order valence-electron chi connectivity index (χ0n) is 21.2. The van der Waals surface area contributed by atoms with Crippen LogP contribution in [0.1, 0.15) is 28.9 Å². The van der Waals surface area contributed by atoms with E-state index in [4.69, 9.17) is 21.2 Å². The summed E-state index contributed by atoms with van der Waals surface area (Å²) in [7, 11) is -3.03. The highest BCUT2D eigenvalue weighted by Gasteiger charge is 2.03. The van der Waals surface area contributed by atoms with E-state index < -0.39 is 61.8 Å². The Hall–Kier alpha value is -2.03. The van der Waals surface area contributed by atoms with Crippen LogP contribution in [0.4, 0.5) is 0 Å². The number of hydrogen-bond donors (Lipinski definition) is 1. The van der Waals surface area contributed by atoms with Crippen LogP contribution in [-0.2, 0) is 11.2 Å². The molecule has 94 valence electrons. The van der Waals surface area contributed by atoms with Crippen molar-refractivity contribution in [2.24, 2.45) is 0 Å². The van der Waals surface area contributed by atoms with Crippen LogP contribution >= 0.6 is 0 Å². The average molecular weight is 255 g/mol. The molecule has 0 spiro atoms. The van der Waals surface area contributed by atoms with E-state index in [0.29, 0.717) is 0 Å². The molecule has 2 aromatic carbocycles. The Bertz CT molecular complexity index is 1010. The number of methoxy groups -OCH3 is 1. The van der Waals surface area contributed by atoms with Gasteiger partial charge in [-0.25, -0.2) is 0 Å². The molecule has 0 saturated carbocycles. The molecule has 1 amide bonds. The zero-order valence-corrected chi connectivity index (χ0v) is 9.23. The van der Waals surface area contributed by atoms with Gasteiger partial charge < -0.3 is 10.1 Å². The van der Waals surface area contributed by atoms with Crippen molar-refractivity contribution in [3.05, 3.63) is 41.8 Å². The molecular formula is C15H17NO2. The average Bonchev–Trinajstić information content (AvgIpc) is 2.61. The number of ether oxygens (including phenoxy) is 1. The molecule has 0 atom stereocenters. The van der Waals surface area contributed by atoms with Crippen molar-refractivity contribution in [3.8, 4) is 5.75 Å². The number of carbonyl (C=O) groups is 1. The van der Waals surface area contributed by atoms with Gasteiger partial charge in [0.1, 0.15) is 5.75 Å². The molecule has 2 rings (SSSR count). The first-order valence-corrected chi connectivity index (χ1v) is 5.07. The minimum absolute atomic E-state index is 0.0780. The summed E-state index contributed by atoms with van der Waals surface area (Å²) < 4.78 is 95.9. The van der Waals surface area contributed by atoms with Crippen LogP contribution in [0.2, 0.25) is 0 Å². The summed E-state index contributed by atoms with van der Waals surface area (Å²) in [4.78, 5) is 11.5. The third kappa shape index (κ3) is 2.80. The van der Waals surface area contributed by atoms with Gasteiger partial charge in [-0.2, -0.15) is 0 Å². The predicted molar refractivity (Wildman–Crippen MR) is 72.9 cm³/mol. The van der Waals surface area contributed by atoms with Crippen molar-refractivity contribution in [1.82, 2.24) is 5.32 Å². The van der Waals surface area contributed by atoms with Gasteiger partial charge in [-0.3, -0.25) is 4.79 Å². The fraction of sp³-hybridized carbons (Fsp3) is 0.267. The van der Waals surface area contributed by atoms with Crippen LogP contribution in [0.3, 0.4) is 0 Å². The van der Waals surface area contributed by atoms with Crippen LogP contribution in [0.5, 0.6) is 5.75 Å². The van der Waals surface area contributed by atoms with Crippen molar-refractivity contribution in [2.75, 3.05) is 13.6 Å². The summed E-state index contributed by atoms with van der Waals surface area (Å²) in [6.45, 7) is -3.19. The normalized spacial score (nSPS) is 21.3. The molecule has 0 heterocycles. The highest BCUT2D eigenvalue weighted by Crippen LogP contribution is 2.24. The quantitative estimate of drug-likeness (QED) is 0.911. The van der Waals surface area contributed by atoms with Crippen LogP contribution < -0.4 is 10.1 Å². The number of benzene rings is 2. The molecule has 0 saturated heterocycles. The minimum atomic E-state index is -3.03.